The van der Waals surface area contributed by atoms with Gasteiger partial charge in [0.15, 0.2) is 6.61 Å². The van der Waals surface area contributed by atoms with Crippen molar-refractivity contribution in [1.29, 1.82) is 0 Å². The number of ether oxygens (including phenoxy) is 1. The molecule has 0 saturated carbocycles. The highest BCUT2D eigenvalue weighted by atomic mass is 35.5. The highest BCUT2D eigenvalue weighted by Crippen LogP contribution is 2.26. The number of rotatable bonds is 5. The Morgan fingerprint density at radius 2 is 2.05 bits per heavy atom. The zero-order valence-electron chi connectivity index (χ0n) is 12.3. The molecule has 0 fully saturated rings. The first kappa shape index (κ1) is 15.4. The Kier molecular flexibility index (Phi) is 4.91. The van der Waals surface area contributed by atoms with Gasteiger partial charge in [-0.05, 0) is 56.2 Å². The summed E-state index contributed by atoms with van der Waals surface area (Å²) in [5, 5.41) is 3.48. The molecule has 0 saturated heterocycles. The molecule has 0 aliphatic rings. The maximum Gasteiger partial charge on any atom is 0.258 e. The number of hydrogen-bond acceptors (Lipinski definition) is 3. The lowest BCUT2D eigenvalue weighted by Gasteiger charge is -2.14. The first-order chi connectivity index (χ1) is 9.97. The summed E-state index contributed by atoms with van der Waals surface area (Å²) in [5.74, 6) is 1.20. The second-order valence-electron chi connectivity index (χ2n) is 4.96. The van der Waals surface area contributed by atoms with Gasteiger partial charge in [-0.3, -0.25) is 4.79 Å². The molecule has 0 bridgehead atoms. The van der Waals surface area contributed by atoms with Crippen LogP contribution in [0.3, 0.4) is 0 Å². The molecule has 1 heterocycles. The van der Waals surface area contributed by atoms with Gasteiger partial charge in [0, 0.05) is 5.02 Å². The van der Waals surface area contributed by atoms with Crippen molar-refractivity contribution < 1.29 is 13.9 Å². The topological polar surface area (TPSA) is 51.5 Å². The van der Waals surface area contributed by atoms with E-state index < -0.39 is 0 Å². The summed E-state index contributed by atoms with van der Waals surface area (Å²) < 4.78 is 10.8. The number of furan rings is 1. The average Bonchev–Trinajstić information content (AvgIpc) is 2.91. The fourth-order valence-electron chi connectivity index (χ4n) is 2.15. The Balaban J connectivity index is 1.93. The molecule has 5 heteroatoms. The normalized spacial score (nSPS) is 12.0. The van der Waals surface area contributed by atoms with E-state index in [0.29, 0.717) is 16.5 Å². The Hall–Kier alpha value is -1.94. The average molecular weight is 308 g/mol. The maximum atomic E-state index is 11.9. The Morgan fingerprint density at radius 1 is 1.38 bits per heavy atom. The van der Waals surface area contributed by atoms with Crippen LogP contribution < -0.4 is 10.1 Å². The molecule has 1 aromatic carbocycles. The quantitative estimate of drug-likeness (QED) is 0.914. The molecule has 21 heavy (non-hydrogen) atoms. The van der Waals surface area contributed by atoms with Crippen LogP contribution >= 0.6 is 11.6 Å². The number of carbonyl (C=O) groups excluding carboxylic acids is 1. The fraction of sp³-hybridized carbons (Fsp3) is 0.312. The molecule has 0 aliphatic heterocycles. The lowest BCUT2D eigenvalue weighted by Crippen LogP contribution is -2.31. The zero-order valence-corrected chi connectivity index (χ0v) is 13.0. The van der Waals surface area contributed by atoms with Crippen molar-refractivity contribution in [2.45, 2.75) is 26.8 Å². The molecule has 112 valence electrons. The van der Waals surface area contributed by atoms with Gasteiger partial charge < -0.3 is 14.5 Å². The number of amides is 1. The van der Waals surface area contributed by atoms with Crippen molar-refractivity contribution in [3.8, 4) is 5.75 Å². The number of halogens is 1. The van der Waals surface area contributed by atoms with Crippen molar-refractivity contribution in [1.82, 2.24) is 5.32 Å². The predicted molar refractivity (Wildman–Crippen MR) is 81.7 cm³/mol. The first-order valence-electron chi connectivity index (χ1n) is 6.69. The molecule has 0 aliphatic carbocycles. The summed E-state index contributed by atoms with van der Waals surface area (Å²) in [6.45, 7) is 5.61. The minimum absolute atomic E-state index is 0.0473. The van der Waals surface area contributed by atoms with Crippen LogP contribution in [0.1, 0.15) is 29.9 Å². The summed E-state index contributed by atoms with van der Waals surface area (Å²) in [5.41, 5.74) is 1.82. The minimum atomic E-state index is -0.201. The van der Waals surface area contributed by atoms with E-state index in [1.54, 1.807) is 12.3 Å². The van der Waals surface area contributed by atoms with Crippen molar-refractivity contribution in [2.24, 2.45) is 0 Å². The van der Waals surface area contributed by atoms with Crippen molar-refractivity contribution in [2.75, 3.05) is 6.61 Å². The van der Waals surface area contributed by atoms with Crippen LogP contribution in [-0.2, 0) is 4.79 Å². The molecule has 0 radical (unpaired) electrons. The van der Waals surface area contributed by atoms with Crippen LogP contribution in [0.25, 0.3) is 0 Å². The van der Waals surface area contributed by atoms with E-state index in [0.717, 1.165) is 11.1 Å². The van der Waals surface area contributed by atoms with Gasteiger partial charge in [0.25, 0.3) is 5.91 Å². The molecule has 0 spiro atoms. The molecular weight excluding hydrogens is 290 g/mol. The summed E-state index contributed by atoms with van der Waals surface area (Å²) in [6, 6.07) is 7.04. The smallest absolute Gasteiger partial charge is 0.258 e. The molecule has 1 aromatic heterocycles. The van der Waals surface area contributed by atoms with Crippen LogP contribution in [0.15, 0.2) is 34.9 Å². The lowest BCUT2D eigenvalue weighted by atomic mass is 10.1. The van der Waals surface area contributed by atoms with Gasteiger partial charge in [-0.25, -0.2) is 0 Å². The number of hydrogen-bond donors (Lipinski definition) is 1. The van der Waals surface area contributed by atoms with E-state index in [1.165, 1.54) is 0 Å². The van der Waals surface area contributed by atoms with Gasteiger partial charge in [-0.2, -0.15) is 0 Å². The summed E-state index contributed by atoms with van der Waals surface area (Å²) in [4.78, 5) is 11.9. The Morgan fingerprint density at radius 3 is 2.62 bits per heavy atom. The predicted octanol–water partition coefficient (Wildman–Crippen LogP) is 3.81. The largest absolute Gasteiger partial charge is 0.483 e. The summed E-state index contributed by atoms with van der Waals surface area (Å²) >= 11 is 5.97. The number of aryl methyl sites for hydroxylation is 2. The first-order valence-corrected chi connectivity index (χ1v) is 7.07. The van der Waals surface area contributed by atoms with E-state index in [4.69, 9.17) is 20.8 Å². The third kappa shape index (κ3) is 4.02. The molecule has 1 atom stereocenters. The SMILES string of the molecule is Cc1cc(Cl)cc(C)c1OCC(=O)N[C@H](C)c1ccco1. The second kappa shape index (κ2) is 6.68. The van der Waals surface area contributed by atoms with Gasteiger partial charge in [0.05, 0.1) is 12.3 Å². The second-order valence-corrected chi connectivity index (χ2v) is 5.40. The maximum absolute atomic E-state index is 11.9. The monoisotopic (exact) mass is 307 g/mol. The number of carbonyl (C=O) groups is 1. The fourth-order valence-corrected chi connectivity index (χ4v) is 2.48. The van der Waals surface area contributed by atoms with E-state index in [2.05, 4.69) is 5.32 Å². The molecule has 0 unspecified atom stereocenters. The van der Waals surface area contributed by atoms with Crippen molar-refractivity contribution in [3.63, 3.8) is 0 Å². The zero-order chi connectivity index (χ0) is 15.4. The van der Waals surface area contributed by atoms with Gasteiger partial charge >= 0.3 is 0 Å². The third-order valence-corrected chi connectivity index (χ3v) is 3.34. The number of nitrogens with one attached hydrogen (secondary N) is 1. The van der Waals surface area contributed by atoms with E-state index in [9.17, 15) is 4.79 Å². The van der Waals surface area contributed by atoms with Crippen LogP contribution in [0.4, 0.5) is 0 Å². The summed E-state index contributed by atoms with van der Waals surface area (Å²) in [7, 11) is 0. The highest BCUT2D eigenvalue weighted by Gasteiger charge is 2.13. The van der Waals surface area contributed by atoms with Gasteiger partial charge in [-0.15, -0.1) is 0 Å². The van der Waals surface area contributed by atoms with Crippen LogP contribution in [0.2, 0.25) is 5.02 Å². The third-order valence-electron chi connectivity index (χ3n) is 3.12. The van der Waals surface area contributed by atoms with E-state index >= 15 is 0 Å². The van der Waals surface area contributed by atoms with Crippen molar-refractivity contribution in [3.05, 3.63) is 52.4 Å². The Bertz CT molecular complexity index is 599. The molecule has 2 aromatic rings. The van der Waals surface area contributed by atoms with Crippen LogP contribution in [0.5, 0.6) is 5.75 Å². The highest BCUT2D eigenvalue weighted by molar-refractivity contribution is 6.30. The molecule has 1 N–H and O–H groups in total. The Labute approximate surface area is 129 Å². The molecular formula is C16H18ClNO3. The van der Waals surface area contributed by atoms with Crippen molar-refractivity contribution >= 4 is 17.5 Å². The van der Waals surface area contributed by atoms with Gasteiger partial charge in [0.1, 0.15) is 11.5 Å². The summed E-state index contributed by atoms with van der Waals surface area (Å²) in [6.07, 6.45) is 1.58. The lowest BCUT2D eigenvalue weighted by molar-refractivity contribution is -0.123. The molecule has 1 amide bonds. The number of benzene rings is 1. The van der Waals surface area contributed by atoms with E-state index in [1.807, 2.05) is 39.0 Å². The van der Waals surface area contributed by atoms with Crippen LogP contribution in [0, 0.1) is 13.8 Å². The van der Waals surface area contributed by atoms with E-state index in [-0.39, 0.29) is 18.6 Å². The standard InChI is InChI=1S/C16H18ClNO3/c1-10-7-13(17)8-11(2)16(10)21-9-15(19)18-12(3)14-5-4-6-20-14/h4-8,12H,9H2,1-3H3,(H,18,19)/t12-/m1/s1. The molecule has 4 nitrogen and oxygen atoms in total. The molecule has 2 rings (SSSR count). The minimum Gasteiger partial charge on any atom is -0.483 e. The van der Waals surface area contributed by atoms with Gasteiger partial charge in [-0.1, -0.05) is 11.6 Å². The van der Waals surface area contributed by atoms with Gasteiger partial charge in [0.2, 0.25) is 0 Å². The van der Waals surface area contributed by atoms with Crippen LogP contribution in [-0.4, -0.2) is 12.5 Å².